The molecule has 1 aromatic rings. The smallest absolute Gasteiger partial charge is 0.191 e. The van der Waals surface area contributed by atoms with E-state index in [9.17, 15) is 0 Å². The van der Waals surface area contributed by atoms with E-state index in [2.05, 4.69) is 77.6 Å². The van der Waals surface area contributed by atoms with Gasteiger partial charge in [-0.1, -0.05) is 12.1 Å². The zero-order valence-electron chi connectivity index (χ0n) is 17.4. The van der Waals surface area contributed by atoms with Gasteiger partial charge in [0.2, 0.25) is 0 Å². The lowest BCUT2D eigenvalue weighted by molar-refractivity contribution is -0.00833. The first-order chi connectivity index (χ1) is 12.4. The number of halogens is 1. The lowest BCUT2D eigenvalue weighted by Crippen LogP contribution is -2.56. The zero-order valence-corrected chi connectivity index (χ0v) is 19.7. The number of nitrogens with zero attached hydrogens (tertiary/aromatic N) is 3. The molecule has 0 unspecified atom stereocenters. The minimum atomic E-state index is 0. The summed E-state index contributed by atoms with van der Waals surface area (Å²) < 4.78 is 5.46. The molecular formula is C20H36IN5O. The highest BCUT2D eigenvalue weighted by Crippen LogP contribution is 2.15. The van der Waals surface area contributed by atoms with Gasteiger partial charge in [0, 0.05) is 58.5 Å². The van der Waals surface area contributed by atoms with Crippen LogP contribution in [0.4, 0.5) is 5.69 Å². The highest BCUT2D eigenvalue weighted by molar-refractivity contribution is 14.0. The maximum atomic E-state index is 5.46. The van der Waals surface area contributed by atoms with Crippen molar-refractivity contribution in [2.75, 3.05) is 65.4 Å². The molecule has 1 heterocycles. The molecule has 0 radical (unpaired) electrons. The van der Waals surface area contributed by atoms with Gasteiger partial charge in [0.1, 0.15) is 0 Å². The van der Waals surface area contributed by atoms with Gasteiger partial charge in [0.25, 0.3) is 0 Å². The number of aliphatic imine (C=N–C) groups is 1. The van der Waals surface area contributed by atoms with E-state index in [1.807, 2.05) is 7.05 Å². The number of hydrogen-bond acceptors (Lipinski definition) is 4. The molecule has 2 N–H and O–H groups in total. The topological polar surface area (TPSA) is 52.1 Å². The fourth-order valence-electron chi connectivity index (χ4n) is 3.09. The molecule has 6 nitrogen and oxygen atoms in total. The summed E-state index contributed by atoms with van der Waals surface area (Å²) in [6, 6.07) is 8.70. The van der Waals surface area contributed by atoms with Gasteiger partial charge in [-0.05, 0) is 38.0 Å². The quantitative estimate of drug-likeness (QED) is 0.350. The van der Waals surface area contributed by atoms with Crippen molar-refractivity contribution in [3.05, 3.63) is 29.8 Å². The summed E-state index contributed by atoms with van der Waals surface area (Å²) in [6.45, 7) is 9.87. The van der Waals surface area contributed by atoms with Gasteiger partial charge in [-0.25, -0.2) is 0 Å². The second-order valence-corrected chi connectivity index (χ2v) is 7.58. The Morgan fingerprint density at radius 3 is 2.33 bits per heavy atom. The summed E-state index contributed by atoms with van der Waals surface area (Å²) in [7, 11) is 5.94. The molecule has 0 amide bonds. The highest BCUT2D eigenvalue weighted by Gasteiger charge is 2.28. The van der Waals surface area contributed by atoms with Crippen molar-refractivity contribution in [1.29, 1.82) is 0 Å². The molecule has 2 rings (SSSR count). The molecule has 0 aliphatic carbocycles. The van der Waals surface area contributed by atoms with Crippen LogP contribution in [0.1, 0.15) is 19.4 Å². The minimum Gasteiger partial charge on any atom is -0.379 e. The van der Waals surface area contributed by atoms with Crippen molar-refractivity contribution in [3.63, 3.8) is 0 Å². The normalized spacial score (nSPS) is 15.8. The third kappa shape index (κ3) is 7.83. The van der Waals surface area contributed by atoms with Crippen LogP contribution in [-0.2, 0) is 11.2 Å². The van der Waals surface area contributed by atoms with E-state index in [0.29, 0.717) is 0 Å². The Morgan fingerprint density at radius 1 is 1.15 bits per heavy atom. The fraction of sp³-hybridized carbons (Fsp3) is 0.650. The Balaban J connectivity index is 0.00000364. The van der Waals surface area contributed by atoms with Crippen molar-refractivity contribution in [1.82, 2.24) is 15.5 Å². The third-order valence-electron chi connectivity index (χ3n) is 4.94. The summed E-state index contributed by atoms with van der Waals surface area (Å²) in [6.07, 6.45) is 0.973. The Morgan fingerprint density at radius 2 is 1.78 bits per heavy atom. The maximum absolute atomic E-state index is 5.46. The molecular weight excluding hydrogens is 453 g/mol. The summed E-state index contributed by atoms with van der Waals surface area (Å²) in [4.78, 5) is 8.94. The number of ether oxygens (including phenoxy) is 1. The zero-order chi connectivity index (χ0) is 19.0. The standard InChI is InChI=1S/C20H35N5O.HI/c1-20(2,25-12-14-26-15-13-25)16-23-19(21-3)22-11-10-17-6-8-18(9-7-17)24(4)5;/h6-9H,10-16H2,1-5H3,(H2,21,22,23);1H. The molecule has 1 aromatic carbocycles. The lowest BCUT2D eigenvalue weighted by atomic mass is 10.0. The second kappa shape index (κ2) is 11.7. The van der Waals surface area contributed by atoms with E-state index < -0.39 is 0 Å². The SMILES string of the molecule is CN=C(NCCc1ccc(N(C)C)cc1)NCC(C)(C)N1CCOCC1.I. The van der Waals surface area contributed by atoms with Gasteiger partial charge in [-0.2, -0.15) is 0 Å². The predicted octanol–water partition coefficient (Wildman–Crippen LogP) is 2.19. The molecule has 0 spiro atoms. The van der Waals surface area contributed by atoms with E-state index in [1.165, 1.54) is 11.3 Å². The molecule has 1 aliphatic rings. The number of guanidine groups is 1. The molecule has 0 aromatic heterocycles. The minimum absolute atomic E-state index is 0. The molecule has 1 saturated heterocycles. The molecule has 7 heteroatoms. The molecule has 0 bridgehead atoms. The van der Waals surface area contributed by atoms with E-state index in [4.69, 9.17) is 4.74 Å². The van der Waals surface area contributed by atoms with Crippen molar-refractivity contribution in [2.45, 2.75) is 25.8 Å². The molecule has 154 valence electrons. The molecule has 27 heavy (non-hydrogen) atoms. The summed E-state index contributed by atoms with van der Waals surface area (Å²) in [5.74, 6) is 0.858. The first-order valence-electron chi connectivity index (χ1n) is 9.46. The van der Waals surface area contributed by atoms with Gasteiger partial charge in [0.05, 0.1) is 13.2 Å². The fourth-order valence-corrected chi connectivity index (χ4v) is 3.09. The van der Waals surface area contributed by atoms with E-state index >= 15 is 0 Å². The average molecular weight is 489 g/mol. The number of hydrogen-bond donors (Lipinski definition) is 2. The van der Waals surface area contributed by atoms with Crippen molar-refractivity contribution < 1.29 is 4.74 Å². The Bertz CT molecular complexity index is 568. The summed E-state index contributed by atoms with van der Waals surface area (Å²) in [5, 5.41) is 6.88. The van der Waals surface area contributed by atoms with Gasteiger partial charge in [-0.3, -0.25) is 9.89 Å². The highest BCUT2D eigenvalue weighted by atomic mass is 127. The van der Waals surface area contributed by atoms with Crippen molar-refractivity contribution in [2.24, 2.45) is 4.99 Å². The van der Waals surface area contributed by atoms with Crippen LogP contribution < -0.4 is 15.5 Å². The van der Waals surface area contributed by atoms with Crippen LogP contribution in [0.15, 0.2) is 29.3 Å². The number of benzene rings is 1. The summed E-state index contributed by atoms with van der Waals surface area (Å²) >= 11 is 0. The molecule has 1 aliphatic heterocycles. The van der Waals surface area contributed by atoms with Crippen LogP contribution in [0.25, 0.3) is 0 Å². The summed E-state index contributed by atoms with van der Waals surface area (Å²) in [5.41, 5.74) is 2.63. The van der Waals surface area contributed by atoms with Crippen LogP contribution in [0, 0.1) is 0 Å². The first kappa shape index (κ1) is 24.0. The Labute approximate surface area is 181 Å². The van der Waals surface area contributed by atoms with Gasteiger partial charge in [-0.15, -0.1) is 24.0 Å². The van der Waals surface area contributed by atoms with Crippen LogP contribution in [-0.4, -0.2) is 76.9 Å². The van der Waals surface area contributed by atoms with Gasteiger partial charge < -0.3 is 20.3 Å². The van der Waals surface area contributed by atoms with Crippen LogP contribution in [0.2, 0.25) is 0 Å². The molecule has 0 atom stereocenters. The Hall–Kier alpha value is -1.06. The van der Waals surface area contributed by atoms with Crippen molar-refractivity contribution >= 4 is 35.6 Å². The average Bonchev–Trinajstić information content (AvgIpc) is 2.65. The number of morpholine rings is 1. The lowest BCUT2D eigenvalue weighted by Gasteiger charge is -2.41. The van der Waals surface area contributed by atoms with Crippen molar-refractivity contribution in [3.8, 4) is 0 Å². The molecule has 1 fully saturated rings. The van der Waals surface area contributed by atoms with Gasteiger partial charge in [0.15, 0.2) is 5.96 Å². The van der Waals surface area contributed by atoms with E-state index in [1.54, 1.807) is 0 Å². The number of nitrogens with one attached hydrogen (secondary N) is 2. The third-order valence-corrected chi connectivity index (χ3v) is 4.94. The maximum Gasteiger partial charge on any atom is 0.191 e. The van der Waals surface area contributed by atoms with E-state index in [0.717, 1.165) is 51.8 Å². The van der Waals surface area contributed by atoms with Crippen LogP contribution >= 0.6 is 24.0 Å². The largest absolute Gasteiger partial charge is 0.379 e. The van der Waals surface area contributed by atoms with Gasteiger partial charge >= 0.3 is 0 Å². The number of anilines is 1. The monoisotopic (exact) mass is 489 g/mol. The van der Waals surface area contributed by atoms with E-state index in [-0.39, 0.29) is 29.5 Å². The van der Waals surface area contributed by atoms with Crippen LogP contribution in [0.3, 0.4) is 0 Å². The van der Waals surface area contributed by atoms with Crippen LogP contribution in [0.5, 0.6) is 0 Å². The number of rotatable bonds is 7. The Kier molecular flexibility index (Phi) is 10.4. The first-order valence-corrected chi connectivity index (χ1v) is 9.46. The second-order valence-electron chi connectivity index (χ2n) is 7.58. The molecule has 0 saturated carbocycles. The predicted molar refractivity (Wildman–Crippen MR) is 126 cm³/mol.